The van der Waals surface area contributed by atoms with Gasteiger partial charge in [0.2, 0.25) is 0 Å². The van der Waals surface area contributed by atoms with Gasteiger partial charge in [0.05, 0.1) is 47.1 Å². The number of rotatable bonds is 10. The van der Waals surface area contributed by atoms with E-state index in [1.165, 1.54) is 6.20 Å². The lowest BCUT2D eigenvalue weighted by atomic mass is 9.97. The van der Waals surface area contributed by atoms with Gasteiger partial charge in [-0.1, -0.05) is 84.9 Å². The normalized spacial score (nSPS) is 19.2. The van der Waals surface area contributed by atoms with Crippen molar-refractivity contribution in [3.8, 4) is 11.1 Å². The number of benzene rings is 5. The van der Waals surface area contributed by atoms with Gasteiger partial charge in [-0.2, -0.15) is 0 Å². The number of fused-ring (bicyclic) bond motifs is 2. The Morgan fingerprint density at radius 1 is 0.807 bits per heavy atom. The number of carbonyl (C=O) groups excluding carboxylic acids is 1. The molecule has 3 atom stereocenters. The lowest BCUT2D eigenvalue weighted by Crippen LogP contribution is -2.43. The minimum atomic E-state index is -0.598. The summed E-state index contributed by atoms with van der Waals surface area (Å²) in [5.41, 5.74) is 9.27. The number of para-hydroxylation sites is 4. The SMILES string of the molecule is O=C(NCc1cccc(-c2cccc(C3OC(CN4CCC(n5c(=O)[nH]c6ccccc65)CC4)CC(c4ccc(CO)cc4)O3)c2)c1)c1cnc2ccccc2n1. The van der Waals surface area contributed by atoms with Crippen LogP contribution in [0.25, 0.3) is 33.2 Å². The number of imidazole rings is 1. The Hall–Kier alpha value is -5.98. The number of carbonyl (C=O) groups is 1. The molecule has 288 valence electrons. The molecule has 2 aliphatic rings. The number of hydrogen-bond donors (Lipinski definition) is 3. The van der Waals surface area contributed by atoms with Crippen molar-refractivity contribution in [1.29, 1.82) is 0 Å². The highest BCUT2D eigenvalue weighted by molar-refractivity contribution is 5.93. The van der Waals surface area contributed by atoms with Crippen molar-refractivity contribution < 1.29 is 19.4 Å². The predicted octanol–water partition coefficient (Wildman–Crippen LogP) is 7.24. The molecule has 0 saturated carbocycles. The quantitative estimate of drug-likeness (QED) is 0.133. The molecular formula is C46H44N6O5. The van der Waals surface area contributed by atoms with E-state index in [0.29, 0.717) is 18.5 Å². The lowest BCUT2D eigenvalue weighted by molar-refractivity contribution is -0.253. The summed E-state index contributed by atoms with van der Waals surface area (Å²) in [6.07, 6.45) is 3.06. The summed E-state index contributed by atoms with van der Waals surface area (Å²) in [6, 6.07) is 39.9. The summed E-state index contributed by atoms with van der Waals surface area (Å²) in [5, 5.41) is 12.7. The molecule has 7 aromatic rings. The molecule has 9 rings (SSSR count). The highest BCUT2D eigenvalue weighted by Gasteiger charge is 2.34. The number of aromatic amines is 1. The van der Waals surface area contributed by atoms with Gasteiger partial charge in [0.15, 0.2) is 6.29 Å². The standard InChI is InChI=1S/C46H44N6O5/c53-29-30-15-17-32(18-16-30)43-25-37(28-51-21-19-36(20-22-51)52-42-14-4-3-13-40(42)50-46(52)55)56-45(57-43)35-10-6-9-34(24-35)33-8-5-7-31(23-33)26-48-44(54)41-27-47-38-11-1-2-12-39(38)49-41/h1-18,23-24,27,36-37,43,45,53H,19-22,25-26,28-29H2,(H,48,54)(H,50,55). The Kier molecular flexibility index (Phi) is 10.4. The number of nitrogens with zero attached hydrogens (tertiary/aromatic N) is 4. The first-order valence-corrected chi connectivity index (χ1v) is 19.6. The smallest absolute Gasteiger partial charge is 0.326 e. The second-order valence-corrected chi connectivity index (χ2v) is 15.0. The lowest BCUT2D eigenvalue weighted by Gasteiger charge is -2.40. The second-order valence-electron chi connectivity index (χ2n) is 15.0. The molecule has 57 heavy (non-hydrogen) atoms. The van der Waals surface area contributed by atoms with Crippen molar-refractivity contribution in [2.24, 2.45) is 0 Å². The molecule has 2 aliphatic heterocycles. The van der Waals surface area contributed by atoms with Crippen LogP contribution in [-0.2, 0) is 22.6 Å². The zero-order valence-corrected chi connectivity index (χ0v) is 31.5. The number of ether oxygens (including phenoxy) is 2. The van der Waals surface area contributed by atoms with Gasteiger partial charge in [-0.15, -0.1) is 0 Å². The highest BCUT2D eigenvalue weighted by atomic mass is 16.7. The number of aliphatic hydroxyl groups is 1. The molecule has 2 saturated heterocycles. The minimum Gasteiger partial charge on any atom is -0.392 e. The van der Waals surface area contributed by atoms with Crippen molar-refractivity contribution in [1.82, 2.24) is 29.7 Å². The summed E-state index contributed by atoms with van der Waals surface area (Å²) in [4.78, 5) is 40.2. The molecule has 11 nitrogen and oxygen atoms in total. The Labute approximate surface area is 329 Å². The van der Waals surface area contributed by atoms with Gasteiger partial charge in [0.25, 0.3) is 5.91 Å². The molecule has 4 heterocycles. The fourth-order valence-electron chi connectivity index (χ4n) is 8.18. The Bertz CT molecular complexity index is 2580. The fourth-order valence-corrected chi connectivity index (χ4v) is 8.18. The summed E-state index contributed by atoms with van der Waals surface area (Å²) in [6.45, 7) is 2.79. The van der Waals surface area contributed by atoms with Crippen molar-refractivity contribution in [3.63, 3.8) is 0 Å². The number of aromatic nitrogens is 4. The van der Waals surface area contributed by atoms with Crippen LogP contribution in [-0.4, -0.2) is 61.2 Å². The summed E-state index contributed by atoms with van der Waals surface area (Å²) >= 11 is 0. The Balaban J connectivity index is 0.898. The third-order valence-electron chi connectivity index (χ3n) is 11.2. The van der Waals surface area contributed by atoms with Crippen LogP contribution in [0.4, 0.5) is 0 Å². The summed E-state index contributed by atoms with van der Waals surface area (Å²) < 4.78 is 15.4. The second kappa shape index (κ2) is 16.2. The number of H-pyrrole nitrogens is 1. The van der Waals surface area contributed by atoms with Crippen molar-refractivity contribution in [2.75, 3.05) is 19.6 Å². The van der Waals surface area contributed by atoms with Crippen LogP contribution in [0.1, 0.15) is 70.4 Å². The van der Waals surface area contributed by atoms with Crippen LogP contribution in [0.3, 0.4) is 0 Å². The number of nitrogens with one attached hydrogen (secondary N) is 2. The van der Waals surface area contributed by atoms with E-state index in [0.717, 1.165) is 82.4 Å². The monoisotopic (exact) mass is 760 g/mol. The number of hydrogen-bond acceptors (Lipinski definition) is 8. The zero-order chi connectivity index (χ0) is 38.7. The van der Waals surface area contributed by atoms with Crippen LogP contribution in [0.2, 0.25) is 0 Å². The molecule has 11 heteroatoms. The topological polar surface area (TPSA) is 135 Å². The van der Waals surface area contributed by atoms with E-state index in [-0.39, 0.29) is 42.1 Å². The van der Waals surface area contributed by atoms with Gasteiger partial charge >= 0.3 is 5.69 Å². The molecular weight excluding hydrogens is 717 g/mol. The molecule has 2 aromatic heterocycles. The molecule has 0 radical (unpaired) electrons. The average Bonchev–Trinajstić information content (AvgIpc) is 3.61. The Morgan fingerprint density at radius 2 is 1.56 bits per heavy atom. The molecule has 5 aromatic carbocycles. The van der Waals surface area contributed by atoms with Crippen LogP contribution >= 0.6 is 0 Å². The van der Waals surface area contributed by atoms with E-state index < -0.39 is 6.29 Å². The van der Waals surface area contributed by atoms with E-state index in [9.17, 15) is 14.7 Å². The summed E-state index contributed by atoms with van der Waals surface area (Å²) in [5.74, 6) is -0.281. The minimum absolute atomic E-state index is 0.0136. The van der Waals surface area contributed by atoms with Gasteiger partial charge in [-0.25, -0.2) is 9.78 Å². The number of aliphatic hydroxyl groups excluding tert-OH is 1. The van der Waals surface area contributed by atoms with Crippen LogP contribution in [0.5, 0.6) is 0 Å². The highest BCUT2D eigenvalue weighted by Crippen LogP contribution is 2.39. The fraction of sp³-hybridized carbons (Fsp3) is 0.261. The first-order valence-electron chi connectivity index (χ1n) is 19.6. The molecule has 0 spiro atoms. The van der Waals surface area contributed by atoms with E-state index in [2.05, 4.69) is 49.4 Å². The average molecular weight is 761 g/mol. The van der Waals surface area contributed by atoms with Crippen LogP contribution in [0, 0.1) is 0 Å². The molecule has 2 fully saturated rings. The first kappa shape index (κ1) is 36.6. The maximum absolute atomic E-state index is 13.0. The third-order valence-corrected chi connectivity index (χ3v) is 11.2. The number of likely N-dealkylation sites (tertiary alicyclic amines) is 1. The predicted molar refractivity (Wildman–Crippen MR) is 218 cm³/mol. The number of amides is 1. The molecule has 1 amide bonds. The van der Waals surface area contributed by atoms with E-state index >= 15 is 0 Å². The van der Waals surface area contributed by atoms with Gasteiger partial charge < -0.3 is 29.8 Å². The van der Waals surface area contributed by atoms with E-state index in [4.69, 9.17) is 9.47 Å². The Morgan fingerprint density at radius 3 is 2.39 bits per heavy atom. The van der Waals surface area contributed by atoms with Gasteiger partial charge in [-0.3, -0.25) is 14.3 Å². The zero-order valence-electron chi connectivity index (χ0n) is 31.5. The molecule has 0 aliphatic carbocycles. The summed E-state index contributed by atoms with van der Waals surface area (Å²) in [7, 11) is 0. The maximum Gasteiger partial charge on any atom is 0.326 e. The molecule has 0 bridgehead atoms. The van der Waals surface area contributed by atoms with Gasteiger partial charge in [0, 0.05) is 44.2 Å². The van der Waals surface area contributed by atoms with E-state index in [1.54, 1.807) is 0 Å². The largest absolute Gasteiger partial charge is 0.392 e. The van der Waals surface area contributed by atoms with E-state index in [1.807, 2.05) is 102 Å². The first-order chi connectivity index (χ1) is 28.0. The molecule has 3 N–H and O–H groups in total. The van der Waals surface area contributed by atoms with Crippen LogP contribution in [0.15, 0.2) is 132 Å². The maximum atomic E-state index is 13.0. The van der Waals surface area contributed by atoms with Gasteiger partial charge in [0.1, 0.15) is 5.69 Å². The third kappa shape index (κ3) is 8.01. The van der Waals surface area contributed by atoms with Crippen molar-refractivity contribution in [2.45, 2.75) is 57.0 Å². The number of piperidine rings is 1. The van der Waals surface area contributed by atoms with Crippen molar-refractivity contribution in [3.05, 3.63) is 166 Å². The van der Waals surface area contributed by atoms with Crippen LogP contribution < -0.4 is 11.0 Å². The van der Waals surface area contributed by atoms with Gasteiger partial charge in [-0.05, 0) is 77.1 Å². The van der Waals surface area contributed by atoms with Crippen molar-refractivity contribution >= 4 is 28.0 Å². The molecule has 3 unspecified atom stereocenters.